The first kappa shape index (κ1) is 9.36. The first-order valence-electron chi connectivity index (χ1n) is 0.500. The van der Waals surface area contributed by atoms with Crippen molar-refractivity contribution in [3.8, 4) is 0 Å². The summed E-state index contributed by atoms with van der Waals surface area (Å²) in [5.41, 5.74) is 0. The average molecular weight is 355 g/mol. The Morgan fingerprint density at radius 3 is 1.00 bits per heavy atom. The fourth-order valence-corrected chi connectivity index (χ4v) is 0. The Bertz CT molecular complexity index is 76.3. The fraction of sp³-hybridized carbons (Fsp3) is 0. The van der Waals surface area contributed by atoms with E-state index in [9.17, 15) is 0 Å². The zero-order valence-corrected chi connectivity index (χ0v) is 8.71. The maximum absolute atomic E-state index is 8.59. The van der Waals surface area contributed by atoms with Gasteiger partial charge in [-0.3, -0.25) is 0 Å². The zero-order valence-electron chi connectivity index (χ0n) is 2.21. The summed E-state index contributed by atoms with van der Waals surface area (Å²) in [4.78, 5) is 0. The summed E-state index contributed by atoms with van der Waals surface area (Å²) in [5.74, 6) is 0. The average Bonchev–Trinajstić information content (AvgIpc) is 0.811. The Morgan fingerprint density at radius 2 is 1.00 bits per heavy atom. The van der Waals surface area contributed by atoms with Gasteiger partial charge < -0.3 is 0 Å². The number of hydrogen-bond donors (Lipinski definition) is 0. The van der Waals surface area contributed by atoms with Crippen LogP contribution in [0.5, 0.6) is 0 Å². The van der Waals surface area contributed by atoms with Gasteiger partial charge in [0, 0.05) is 0 Å². The summed E-state index contributed by atoms with van der Waals surface area (Å²) >= 11 is -4.11. The molecule has 0 saturated carbocycles. The molecular formula is H2BiMoO3. The molecule has 5 heteroatoms. The van der Waals surface area contributed by atoms with Crippen molar-refractivity contribution >= 4 is 26.2 Å². The summed E-state index contributed by atoms with van der Waals surface area (Å²) < 4.78 is 25.8. The Labute approximate surface area is 53.3 Å². The summed E-state index contributed by atoms with van der Waals surface area (Å²) in [6.45, 7) is 0. The van der Waals surface area contributed by atoms with Gasteiger partial charge in [-0.15, -0.1) is 0 Å². The summed E-state index contributed by atoms with van der Waals surface area (Å²) in [5, 5.41) is 0. The number of hydrogen-bond acceptors (Lipinski definition) is 3. The van der Waals surface area contributed by atoms with E-state index in [1.54, 1.807) is 0 Å². The van der Waals surface area contributed by atoms with Crippen molar-refractivity contribution in [2.24, 2.45) is 0 Å². The van der Waals surface area contributed by atoms with Crippen LogP contribution < -0.4 is 0 Å². The molecule has 5 heavy (non-hydrogen) atoms. The van der Waals surface area contributed by atoms with Crippen molar-refractivity contribution in [3.05, 3.63) is 0 Å². The molecule has 0 aliphatic rings. The quantitative estimate of drug-likeness (QED) is 0.509. The maximum atomic E-state index is 8.59. The van der Waals surface area contributed by atoms with Crippen LogP contribution in [-0.4, -0.2) is 26.2 Å². The summed E-state index contributed by atoms with van der Waals surface area (Å²) in [6, 6.07) is 0. The molecule has 0 N–H and O–H groups in total. The van der Waals surface area contributed by atoms with Gasteiger partial charge in [0.1, 0.15) is 0 Å². The van der Waals surface area contributed by atoms with Crippen molar-refractivity contribution in [3.63, 3.8) is 0 Å². The topological polar surface area (TPSA) is 51.2 Å². The van der Waals surface area contributed by atoms with Crippen molar-refractivity contribution in [1.82, 2.24) is 0 Å². The molecule has 0 aromatic rings. The molecule has 0 bridgehead atoms. The molecule has 1 radical (unpaired) electrons. The Morgan fingerprint density at radius 1 is 1.00 bits per heavy atom. The van der Waals surface area contributed by atoms with Gasteiger partial charge in [0.15, 0.2) is 0 Å². The van der Waals surface area contributed by atoms with Gasteiger partial charge in [-0.1, -0.05) is 0 Å². The van der Waals surface area contributed by atoms with Crippen LogP contribution in [0.15, 0.2) is 0 Å². The van der Waals surface area contributed by atoms with Crippen LogP contribution in [0, 0.1) is 0 Å². The first-order chi connectivity index (χ1) is 1.73. The van der Waals surface area contributed by atoms with Gasteiger partial charge >= 0.3 is 53.6 Å². The minimum atomic E-state index is -4.11. The normalized spacial score (nSPS) is 4.80. The van der Waals surface area contributed by atoms with Gasteiger partial charge in [-0.2, -0.15) is 0 Å². The molecule has 0 aliphatic heterocycles. The third-order valence-corrected chi connectivity index (χ3v) is 0. The summed E-state index contributed by atoms with van der Waals surface area (Å²) in [6.07, 6.45) is 0. The second-order valence-electron chi connectivity index (χ2n) is 0.204. The van der Waals surface area contributed by atoms with Crippen LogP contribution in [0.4, 0.5) is 0 Å². The van der Waals surface area contributed by atoms with Crippen molar-refractivity contribution < 1.29 is 27.4 Å². The molecule has 0 heterocycles. The molecule has 0 unspecified atom stereocenters. The van der Waals surface area contributed by atoms with E-state index in [-0.39, 0.29) is 26.2 Å². The predicted octanol–water partition coefficient (Wildman–Crippen LogP) is -1.28. The van der Waals surface area contributed by atoms with E-state index < -0.39 is 17.2 Å². The van der Waals surface area contributed by atoms with Crippen molar-refractivity contribution in [2.75, 3.05) is 0 Å². The van der Waals surface area contributed by atoms with E-state index in [0.717, 1.165) is 0 Å². The van der Waals surface area contributed by atoms with Gasteiger partial charge in [0.2, 0.25) is 0 Å². The zero-order chi connectivity index (χ0) is 3.58. The SMILES string of the molecule is [BiH2].[O]=[Mo](=[O])=[O]. The molecular weight excluding hydrogens is 353 g/mol. The molecule has 0 fully saturated rings. The van der Waals surface area contributed by atoms with E-state index in [1.807, 2.05) is 0 Å². The standard InChI is InChI=1S/Bi.Mo.3O.2H. The molecule has 0 spiro atoms. The summed E-state index contributed by atoms with van der Waals surface area (Å²) in [7, 11) is 0. The van der Waals surface area contributed by atoms with Gasteiger partial charge in [-0.05, 0) is 0 Å². The fourth-order valence-electron chi connectivity index (χ4n) is 0. The van der Waals surface area contributed by atoms with E-state index in [0.29, 0.717) is 0 Å². The molecule has 3 nitrogen and oxygen atoms in total. The third-order valence-electron chi connectivity index (χ3n) is 0. The first-order valence-corrected chi connectivity index (χ1v) is 2.96. The monoisotopic (exact) mass is 357 g/mol. The Kier molecular flexibility index (Phi) is 9.30. The second-order valence-corrected chi connectivity index (χ2v) is 1.21. The van der Waals surface area contributed by atoms with Crippen LogP contribution >= 0.6 is 0 Å². The van der Waals surface area contributed by atoms with E-state index in [2.05, 4.69) is 0 Å². The van der Waals surface area contributed by atoms with Gasteiger partial charge in [-0.25, -0.2) is 0 Å². The molecule has 0 aromatic heterocycles. The molecule has 0 aromatic carbocycles. The van der Waals surface area contributed by atoms with E-state index in [4.69, 9.17) is 10.2 Å². The van der Waals surface area contributed by atoms with Crippen molar-refractivity contribution in [1.29, 1.82) is 0 Å². The van der Waals surface area contributed by atoms with Crippen LogP contribution in [0.25, 0.3) is 0 Å². The van der Waals surface area contributed by atoms with Gasteiger partial charge in [0.25, 0.3) is 0 Å². The molecule has 0 aliphatic carbocycles. The Hall–Kier alpha value is 0.971. The third kappa shape index (κ3) is 46.5. The van der Waals surface area contributed by atoms with Crippen LogP contribution in [-0.2, 0) is 27.4 Å². The molecule has 31 valence electrons. The van der Waals surface area contributed by atoms with E-state index >= 15 is 0 Å². The second kappa shape index (κ2) is 4.97. The van der Waals surface area contributed by atoms with Crippen LogP contribution in [0.2, 0.25) is 0 Å². The molecule has 0 atom stereocenters. The molecule has 0 amide bonds. The van der Waals surface area contributed by atoms with Crippen LogP contribution in [0.3, 0.4) is 0 Å². The minimum absolute atomic E-state index is 0. The molecule has 0 saturated heterocycles. The Balaban J connectivity index is 0. The number of rotatable bonds is 0. The van der Waals surface area contributed by atoms with Crippen LogP contribution in [0.1, 0.15) is 0 Å². The van der Waals surface area contributed by atoms with Crippen molar-refractivity contribution in [2.45, 2.75) is 0 Å². The predicted molar refractivity (Wildman–Crippen MR) is 10.6 cm³/mol. The van der Waals surface area contributed by atoms with E-state index in [1.165, 1.54) is 0 Å². The molecule has 0 rings (SSSR count). The van der Waals surface area contributed by atoms with Gasteiger partial charge in [0.05, 0.1) is 0 Å².